The van der Waals surface area contributed by atoms with Crippen molar-refractivity contribution in [2.24, 2.45) is 11.8 Å². The molecule has 4 nitrogen and oxygen atoms in total. The summed E-state index contributed by atoms with van der Waals surface area (Å²) in [5.41, 5.74) is 18.4. The lowest BCUT2D eigenvalue weighted by molar-refractivity contribution is 0.632. The maximum atomic E-state index is 5.34. The summed E-state index contributed by atoms with van der Waals surface area (Å²) in [5, 5.41) is 0. The summed E-state index contributed by atoms with van der Waals surface area (Å²) in [4.78, 5) is 10.7. The second-order valence-corrected chi connectivity index (χ2v) is 16.7. The van der Waals surface area contributed by atoms with Crippen LogP contribution in [0.15, 0.2) is 127 Å². The van der Waals surface area contributed by atoms with E-state index < -0.39 is 0 Å². The Bertz CT molecular complexity index is 2660. The predicted octanol–water partition coefficient (Wildman–Crippen LogP) is 13.4. The molecule has 1 aliphatic rings. The average molecular weight is 719 g/mol. The number of benzene rings is 6. The summed E-state index contributed by atoms with van der Waals surface area (Å²) in [6, 6.07) is 46.8. The molecular weight excluding hydrogens is 669 g/mol. The molecule has 0 saturated carbocycles. The molecule has 1 atom stereocenters. The third-order valence-corrected chi connectivity index (χ3v) is 11.4. The molecule has 0 radical (unpaired) electrons. The van der Waals surface area contributed by atoms with Gasteiger partial charge in [-0.25, -0.2) is 9.97 Å². The summed E-state index contributed by atoms with van der Waals surface area (Å²) in [6.07, 6.45) is 2.01. The first kappa shape index (κ1) is 35.0. The fourth-order valence-corrected chi connectivity index (χ4v) is 8.95. The highest BCUT2D eigenvalue weighted by Crippen LogP contribution is 2.45. The van der Waals surface area contributed by atoms with Gasteiger partial charge in [0.15, 0.2) is 0 Å². The zero-order valence-electron chi connectivity index (χ0n) is 33.1. The number of aromatic nitrogens is 4. The van der Waals surface area contributed by atoms with E-state index in [1.54, 1.807) is 0 Å². The van der Waals surface area contributed by atoms with Crippen molar-refractivity contribution in [1.82, 2.24) is 19.1 Å². The Hall–Kier alpha value is -5.74. The molecule has 1 unspecified atom stereocenters. The molecule has 3 heterocycles. The van der Waals surface area contributed by atoms with Crippen LogP contribution in [0, 0.1) is 11.8 Å². The van der Waals surface area contributed by atoms with Crippen molar-refractivity contribution >= 4 is 22.1 Å². The van der Waals surface area contributed by atoms with E-state index in [-0.39, 0.29) is 0 Å². The largest absolute Gasteiger partial charge is 0.292 e. The lowest BCUT2D eigenvalue weighted by Gasteiger charge is -2.29. The van der Waals surface area contributed by atoms with Gasteiger partial charge in [0, 0.05) is 17.0 Å². The first-order valence-corrected chi connectivity index (χ1v) is 20.1. The molecule has 4 heteroatoms. The van der Waals surface area contributed by atoms with Gasteiger partial charge in [-0.3, -0.25) is 9.13 Å². The maximum Gasteiger partial charge on any atom is 0.145 e. The van der Waals surface area contributed by atoms with Crippen molar-refractivity contribution < 1.29 is 0 Å². The highest BCUT2D eigenvalue weighted by Gasteiger charge is 2.30. The van der Waals surface area contributed by atoms with Crippen LogP contribution in [0.2, 0.25) is 0 Å². The van der Waals surface area contributed by atoms with E-state index >= 15 is 0 Å². The van der Waals surface area contributed by atoms with E-state index in [9.17, 15) is 0 Å². The van der Waals surface area contributed by atoms with Crippen molar-refractivity contribution in [3.63, 3.8) is 0 Å². The first-order chi connectivity index (χ1) is 26.7. The van der Waals surface area contributed by atoms with Crippen LogP contribution in [-0.4, -0.2) is 19.1 Å². The third-order valence-electron chi connectivity index (χ3n) is 11.4. The van der Waals surface area contributed by atoms with E-state index in [0.29, 0.717) is 23.7 Å². The topological polar surface area (TPSA) is 35.6 Å². The van der Waals surface area contributed by atoms with Gasteiger partial charge in [0.25, 0.3) is 0 Å². The summed E-state index contributed by atoms with van der Waals surface area (Å²) >= 11 is 0. The predicted molar refractivity (Wildman–Crippen MR) is 231 cm³/mol. The van der Waals surface area contributed by atoms with Gasteiger partial charge in [0.2, 0.25) is 0 Å². The van der Waals surface area contributed by atoms with Crippen LogP contribution in [0.5, 0.6) is 0 Å². The Balaban J connectivity index is 1.20. The van der Waals surface area contributed by atoms with Gasteiger partial charge >= 0.3 is 0 Å². The quantitative estimate of drug-likeness (QED) is 0.149. The van der Waals surface area contributed by atoms with Crippen molar-refractivity contribution in [3.05, 3.63) is 155 Å². The van der Waals surface area contributed by atoms with Crippen LogP contribution in [-0.2, 0) is 12.8 Å². The van der Waals surface area contributed by atoms with Gasteiger partial charge < -0.3 is 0 Å². The molecule has 9 rings (SSSR count). The zero-order valence-corrected chi connectivity index (χ0v) is 33.1. The van der Waals surface area contributed by atoms with E-state index in [0.717, 1.165) is 52.2 Å². The summed E-state index contributed by atoms with van der Waals surface area (Å²) in [5.74, 6) is 3.74. The maximum absolute atomic E-state index is 5.34. The second kappa shape index (κ2) is 13.8. The minimum Gasteiger partial charge on any atom is -0.292 e. The molecule has 0 fully saturated rings. The highest BCUT2D eigenvalue weighted by molar-refractivity contribution is 5.91. The lowest BCUT2D eigenvalue weighted by atomic mass is 9.84. The second-order valence-electron chi connectivity index (χ2n) is 16.7. The Morgan fingerprint density at radius 1 is 0.509 bits per heavy atom. The van der Waals surface area contributed by atoms with Crippen LogP contribution >= 0.6 is 0 Å². The Morgan fingerprint density at radius 2 is 1.09 bits per heavy atom. The SMILES string of the molecule is CC(C)Cc1cccc(CC(C)C)c1-n1c(-c2ccccc2)nc2ccc(-c3ccc(-c4nc5cccc6c5n4-c4c(C(C)C)cccc4C6C)cc3)cc21. The molecule has 1 aliphatic heterocycles. The lowest BCUT2D eigenvalue weighted by Crippen LogP contribution is -2.15. The number of para-hydroxylation sites is 3. The van der Waals surface area contributed by atoms with E-state index in [4.69, 9.17) is 9.97 Å². The van der Waals surface area contributed by atoms with Gasteiger partial charge in [-0.05, 0) is 87.7 Å². The molecule has 0 spiro atoms. The zero-order chi connectivity index (χ0) is 38.0. The highest BCUT2D eigenvalue weighted by atomic mass is 15.1. The summed E-state index contributed by atoms with van der Waals surface area (Å²) in [7, 11) is 0. The molecule has 55 heavy (non-hydrogen) atoms. The molecule has 274 valence electrons. The van der Waals surface area contributed by atoms with E-state index in [1.807, 2.05) is 0 Å². The number of nitrogens with zero attached hydrogens (tertiary/aromatic N) is 4. The van der Waals surface area contributed by atoms with Gasteiger partial charge in [-0.2, -0.15) is 0 Å². The molecular formula is C51H50N4. The molecule has 8 aromatic rings. The minimum absolute atomic E-state index is 0.307. The van der Waals surface area contributed by atoms with Gasteiger partial charge in [-0.15, -0.1) is 0 Å². The van der Waals surface area contributed by atoms with Crippen molar-refractivity contribution in [1.29, 1.82) is 0 Å². The summed E-state index contributed by atoms with van der Waals surface area (Å²) in [6.45, 7) is 16.2. The number of hydrogen-bond donors (Lipinski definition) is 0. The molecule has 0 N–H and O–H groups in total. The number of fused-ring (bicyclic) bond motifs is 3. The standard InChI is InChI=1S/C51H50N4/c1-31(2)28-39-16-11-17-40(29-32(3)4)47(39)54-46-30-38(26-27-44(46)52-50(54)36-14-9-8-10-15-36)35-22-24-37(25-23-35)51-53-45-21-13-20-43-34(7)42-19-12-18-41(33(5)6)48(42)55(51)49(43)45/h8-27,30-34H,28-29H2,1-7H3. The van der Waals surface area contributed by atoms with Crippen LogP contribution in [0.4, 0.5) is 0 Å². The fraction of sp³-hybridized carbons (Fsp3) is 0.255. The van der Waals surface area contributed by atoms with E-state index in [1.165, 1.54) is 55.8 Å². The average Bonchev–Trinajstić information content (AvgIpc) is 3.76. The third kappa shape index (κ3) is 5.99. The summed E-state index contributed by atoms with van der Waals surface area (Å²) < 4.78 is 4.91. The van der Waals surface area contributed by atoms with Crippen LogP contribution in [0.1, 0.15) is 88.1 Å². The monoisotopic (exact) mass is 718 g/mol. The smallest absolute Gasteiger partial charge is 0.145 e. The van der Waals surface area contributed by atoms with Crippen LogP contribution in [0.3, 0.4) is 0 Å². The van der Waals surface area contributed by atoms with Gasteiger partial charge in [0.05, 0.1) is 33.4 Å². The van der Waals surface area contributed by atoms with Gasteiger partial charge in [0.1, 0.15) is 11.6 Å². The number of hydrogen-bond acceptors (Lipinski definition) is 2. The van der Waals surface area contributed by atoms with Crippen molar-refractivity contribution in [2.45, 2.75) is 73.1 Å². The minimum atomic E-state index is 0.307. The van der Waals surface area contributed by atoms with Crippen molar-refractivity contribution in [2.75, 3.05) is 0 Å². The van der Waals surface area contributed by atoms with Crippen molar-refractivity contribution in [3.8, 4) is 45.3 Å². The Kier molecular flexibility index (Phi) is 8.80. The molecule has 2 aromatic heterocycles. The normalized spacial score (nSPS) is 13.8. The first-order valence-electron chi connectivity index (χ1n) is 20.1. The molecule has 0 amide bonds. The fourth-order valence-electron chi connectivity index (χ4n) is 8.95. The molecule has 6 aromatic carbocycles. The van der Waals surface area contributed by atoms with Gasteiger partial charge in [-0.1, -0.05) is 158 Å². The molecule has 0 saturated heterocycles. The Labute approximate surface area is 325 Å². The molecule has 0 aliphatic carbocycles. The molecule has 0 bridgehead atoms. The number of imidazole rings is 2. The van der Waals surface area contributed by atoms with Crippen LogP contribution in [0.25, 0.3) is 67.3 Å². The number of rotatable bonds is 9. The Morgan fingerprint density at radius 3 is 1.78 bits per heavy atom. The van der Waals surface area contributed by atoms with Crippen LogP contribution < -0.4 is 0 Å². The van der Waals surface area contributed by atoms with E-state index in [2.05, 4.69) is 185 Å².